The summed E-state index contributed by atoms with van der Waals surface area (Å²) in [6.07, 6.45) is 0.414. The molecule has 2 rings (SSSR count). The molecular formula is C16H21N3O4S. The molecule has 0 aliphatic rings. The maximum Gasteiger partial charge on any atom is 0.326 e. The molecule has 2 aromatic rings. The first-order chi connectivity index (χ1) is 11.2. The van der Waals surface area contributed by atoms with Crippen LogP contribution in [0.1, 0.15) is 31.2 Å². The summed E-state index contributed by atoms with van der Waals surface area (Å²) in [5, 5.41) is 3.19. The van der Waals surface area contributed by atoms with Gasteiger partial charge in [0, 0.05) is 10.9 Å². The average Bonchev–Trinajstić information content (AvgIpc) is 2.77. The Morgan fingerprint density at radius 1 is 1.33 bits per heavy atom. The van der Waals surface area contributed by atoms with Gasteiger partial charge in [-0.05, 0) is 40.2 Å². The van der Waals surface area contributed by atoms with E-state index in [9.17, 15) is 14.4 Å². The van der Waals surface area contributed by atoms with Gasteiger partial charge in [-0.25, -0.2) is 4.98 Å². The van der Waals surface area contributed by atoms with Gasteiger partial charge in [0.25, 0.3) is 11.5 Å². The van der Waals surface area contributed by atoms with E-state index in [1.165, 1.54) is 29.2 Å². The van der Waals surface area contributed by atoms with Crippen molar-refractivity contribution < 1.29 is 14.3 Å². The summed E-state index contributed by atoms with van der Waals surface area (Å²) in [5.41, 5.74) is 0.595. The number of rotatable bonds is 5. The Morgan fingerprint density at radius 2 is 2.00 bits per heavy atom. The van der Waals surface area contributed by atoms with Gasteiger partial charge in [0.1, 0.15) is 11.4 Å². The standard InChI is InChI=1S/C16H21N3O4S/c1-8(2)18-14(21)10(4)23-12(20)6-19-7-17-15-13(16(19)22)9(3)11(5)24-15/h7-8,10H,6H2,1-5H3,(H,18,21)/t10-/m0/s1. The van der Waals surface area contributed by atoms with Crippen LogP contribution in [-0.2, 0) is 20.9 Å². The van der Waals surface area contributed by atoms with E-state index in [0.717, 1.165) is 10.4 Å². The van der Waals surface area contributed by atoms with E-state index >= 15 is 0 Å². The second-order valence-electron chi connectivity index (χ2n) is 5.94. The van der Waals surface area contributed by atoms with E-state index in [1.54, 1.807) is 0 Å². The number of hydrogen-bond donors (Lipinski definition) is 1. The van der Waals surface area contributed by atoms with Crippen LogP contribution < -0.4 is 10.9 Å². The number of ether oxygens (including phenoxy) is 1. The normalized spacial score (nSPS) is 12.4. The Bertz CT molecular complexity index is 838. The number of aromatic nitrogens is 2. The minimum Gasteiger partial charge on any atom is -0.451 e. The Hall–Kier alpha value is -2.22. The highest BCUT2D eigenvalue weighted by atomic mass is 32.1. The molecule has 24 heavy (non-hydrogen) atoms. The molecule has 0 bridgehead atoms. The number of nitrogens with one attached hydrogen (secondary N) is 1. The minimum absolute atomic E-state index is 0.0438. The predicted octanol–water partition coefficient (Wildman–Crippen LogP) is 1.53. The van der Waals surface area contributed by atoms with Crippen LogP contribution in [0, 0.1) is 13.8 Å². The maximum atomic E-state index is 12.5. The van der Waals surface area contributed by atoms with Crippen LogP contribution in [0.2, 0.25) is 0 Å². The molecule has 1 amide bonds. The minimum atomic E-state index is -0.919. The van der Waals surface area contributed by atoms with Crippen LogP contribution in [0.5, 0.6) is 0 Å². The van der Waals surface area contributed by atoms with Crippen LogP contribution in [-0.4, -0.2) is 33.6 Å². The van der Waals surface area contributed by atoms with Crippen LogP contribution in [0.3, 0.4) is 0 Å². The summed E-state index contributed by atoms with van der Waals surface area (Å²) in [6, 6.07) is -0.0438. The number of thiophene rings is 1. The number of nitrogens with zero attached hydrogens (tertiary/aromatic N) is 2. The first-order valence-corrected chi connectivity index (χ1v) is 8.47. The predicted molar refractivity (Wildman–Crippen MR) is 92.2 cm³/mol. The lowest BCUT2D eigenvalue weighted by Gasteiger charge is -2.15. The zero-order chi connectivity index (χ0) is 18.0. The molecule has 7 nitrogen and oxygen atoms in total. The summed E-state index contributed by atoms with van der Waals surface area (Å²) < 4.78 is 6.29. The number of carbonyl (C=O) groups excluding carboxylic acids is 2. The first-order valence-electron chi connectivity index (χ1n) is 7.65. The van der Waals surface area contributed by atoms with Gasteiger partial charge in [-0.2, -0.15) is 0 Å². The highest BCUT2D eigenvalue weighted by Crippen LogP contribution is 2.25. The Morgan fingerprint density at radius 3 is 2.62 bits per heavy atom. The van der Waals surface area contributed by atoms with Crippen molar-refractivity contribution in [3.8, 4) is 0 Å². The SMILES string of the molecule is Cc1sc2ncn(CC(=O)O[C@@H](C)C(=O)NC(C)C)c(=O)c2c1C. The van der Waals surface area contributed by atoms with E-state index < -0.39 is 12.1 Å². The topological polar surface area (TPSA) is 90.3 Å². The van der Waals surface area contributed by atoms with Gasteiger partial charge in [-0.3, -0.25) is 19.0 Å². The molecule has 130 valence electrons. The number of esters is 1. The fraction of sp³-hybridized carbons (Fsp3) is 0.500. The molecule has 0 radical (unpaired) electrons. The van der Waals surface area contributed by atoms with Crippen LogP contribution in [0.25, 0.3) is 10.2 Å². The molecule has 1 atom stereocenters. The van der Waals surface area contributed by atoms with Crippen LogP contribution in [0.15, 0.2) is 11.1 Å². The molecule has 2 heterocycles. The summed E-state index contributed by atoms with van der Waals surface area (Å²) in [4.78, 5) is 42.2. The summed E-state index contributed by atoms with van der Waals surface area (Å²) in [5.74, 6) is -1.03. The van der Waals surface area contributed by atoms with Crippen molar-refractivity contribution in [1.29, 1.82) is 0 Å². The van der Waals surface area contributed by atoms with Crippen molar-refractivity contribution in [2.75, 3.05) is 0 Å². The fourth-order valence-corrected chi connectivity index (χ4v) is 3.20. The van der Waals surface area contributed by atoms with Crippen molar-refractivity contribution in [1.82, 2.24) is 14.9 Å². The summed E-state index contributed by atoms with van der Waals surface area (Å²) in [6.45, 7) is 8.63. The zero-order valence-corrected chi connectivity index (χ0v) is 15.2. The van der Waals surface area contributed by atoms with Crippen molar-refractivity contribution >= 4 is 33.4 Å². The number of aryl methyl sites for hydroxylation is 2. The molecule has 0 saturated heterocycles. The number of hydrogen-bond acceptors (Lipinski definition) is 6. The zero-order valence-electron chi connectivity index (χ0n) is 14.4. The molecule has 0 aromatic carbocycles. The third kappa shape index (κ3) is 3.81. The number of amides is 1. The molecule has 0 unspecified atom stereocenters. The van der Waals surface area contributed by atoms with Gasteiger partial charge < -0.3 is 10.1 Å². The van der Waals surface area contributed by atoms with Gasteiger partial charge in [0.15, 0.2) is 6.10 Å². The molecule has 1 N–H and O–H groups in total. The van der Waals surface area contributed by atoms with E-state index in [0.29, 0.717) is 10.2 Å². The smallest absolute Gasteiger partial charge is 0.326 e. The van der Waals surface area contributed by atoms with Crippen molar-refractivity contribution in [3.05, 3.63) is 27.1 Å². The molecular weight excluding hydrogens is 330 g/mol. The molecule has 0 aliphatic heterocycles. The molecule has 0 aliphatic carbocycles. The van der Waals surface area contributed by atoms with Crippen LogP contribution in [0.4, 0.5) is 0 Å². The second kappa shape index (κ2) is 7.12. The number of carbonyl (C=O) groups is 2. The number of fused-ring (bicyclic) bond motifs is 1. The first kappa shape index (κ1) is 18.1. The van der Waals surface area contributed by atoms with Crippen molar-refractivity contribution in [2.45, 2.75) is 53.3 Å². The van der Waals surface area contributed by atoms with Crippen molar-refractivity contribution in [3.63, 3.8) is 0 Å². The lowest BCUT2D eigenvalue weighted by atomic mass is 10.2. The largest absolute Gasteiger partial charge is 0.451 e. The third-order valence-electron chi connectivity index (χ3n) is 3.56. The van der Waals surface area contributed by atoms with E-state index in [-0.39, 0.29) is 24.1 Å². The fourth-order valence-electron chi connectivity index (χ4n) is 2.21. The highest BCUT2D eigenvalue weighted by Gasteiger charge is 2.20. The maximum absolute atomic E-state index is 12.5. The lowest BCUT2D eigenvalue weighted by molar-refractivity contribution is -0.155. The second-order valence-corrected chi connectivity index (χ2v) is 7.14. The lowest BCUT2D eigenvalue weighted by Crippen LogP contribution is -2.40. The molecule has 8 heteroatoms. The van der Waals surface area contributed by atoms with Gasteiger partial charge in [-0.15, -0.1) is 11.3 Å². The Kier molecular flexibility index (Phi) is 5.38. The Labute approximate surface area is 143 Å². The van der Waals surface area contributed by atoms with Gasteiger partial charge in [0.05, 0.1) is 11.7 Å². The van der Waals surface area contributed by atoms with Crippen molar-refractivity contribution in [2.24, 2.45) is 0 Å². The Balaban J connectivity index is 2.14. The van der Waals surface area contributed by atoms with E-state index in [2.05, 4.69) is 10.3 Å². The monoisotopic (exact) mass is 351 g/mol. The van der Waals surface area contributed by atoms with E-state index in [4.69, 9.17) is 4.74 Å². The third-order valence-corrected chi connectivity index (χ3v) is 4.68. The summed E-state index contributed by atoms with van der Waals surface area (Å²) >= 11 is 1.45. The summed E-state index contributed by atoms with van der Waals surface area (Å²) in [7, 11) is 0. The van der Waals surface area contributed by atoms with Crippen LogP contribution >= 0.6 is 11.3 Å². The van der Waals surface area contributed by atoms with Gasteiger partial charge in [-0.1, -0.05) is 0 Å². The highest BCUT2D eigenvalue weighted by molar-refractivity contribution is 7.18. The average molecular weight is 351 g/mol. The van der Waals surface area contributed by atoms with Gasteiger partial charge in [0.2, 0.25) is 0 Å². The quantitative estimate of drug-likeness (QED) is 0.825. The molecule has 0 saturated carbocycles. The molecule has 0 spiro atoms. The molecule has 0 fully saturated rings. The van der Waals surface area contributed by atoms with Gasteiger partial charge >= 0.3 is 5.97 Å². The van der Waals surface area contributed by atoms with E-state index in [1.807, 2.05) is 27.7 Å². The molecule has 2 aromatic heterocycles.